The molecule has 2 aliphatic carbocycles. The van der Waals surface area contributed by atoms with Gasteiger partial charge < -0.3 is 4.74 Å². The smallest absolute Gasteiger partial charge is 0.118 e. The number of rotatable bonds is 6. The predicted octanol–water partition coefficient (Wildman–Crippen LogP) is 8.05. The topological polar surface area (TPSA) is 9.23 Å². The maximum Gasteiger partial charge on any atom is 0.118 e. The molecular weight excluding hydrogens is 352 g/mol. The van der Waals surface area contributed by atoms with E-state index in [1.54, 1.807) is 18.7 Å². The molecule has 0 N–H and O–H groups in total. The molecule has 2 aromatic carbocycles. The Labute approximate surface area is 178 Å². The van der Waals surface area contributed by atoms with Crippen molar-refractivity contribution in [3.8, 4) is 5.75 Å². The maximum atomic E-state index is 4.98. The van der Waals surface area contributed by atoms with Gasteiger partial charge in [0, 0.05) is 0 Å². The molecule has 0 aliphatic heterocycles. The first-order chi connectivity index (χ1) is 14.2. The third-order valence-corrected chi connectivity index (χ3v) is 7.20. The first-order valence-corrected chi connectivity index (χ1v) is 11.5. The van der Waals surface area contributed by atoms with Gasteiger partial charge in [-0.3, -0.25) is 0 Å². The fourth-order valence-corrected chi connectivity index (χ4v) is 5.26. The number of hydrogen-bond donors (Lipinski definition) is 0. The van der Waals surface area contributed by atoms with Gasteiger partial charge in [-0.1, -0.05) is 94.1 Å². The number of hydrogen-bond acceptors (Lipinski definition) is 1. The quantitative estimate of drug-likeness (QED) is 0.485. The highest BCUT2D eigenvalue weighted by Crippen LogP contribution is 2.50. The summed E-state index contributed by atoms with van der Waals surface area (Å²) in [5, 5.41) is 0. The molecule has 0 heterocycles. The van der Waals surface area contributed by atoms with Crippen molar-refractivity contribution in [2.24, 2.45) is 11.8 Å². The molecule has 0 amide bonds. The lowest BCUT2D eigenvalue weighted by atomic mass is 9.59. The lowest BCUT2D eigenvalue weighted by Crippen LogP contribution is -2.37. The molecule has 2 unspecified atom stereocenters. The zero-order valence-electron chi connectivity index (χ0n) is 18.4. The summed E-state index contributed by atoms with van der Waals surface area (Å²) >= 11 is 0. The Morgan fingerprint density at radius 2 is 1.66 bits per heavy atom. The first-order valence-electron chi connectivity index (χ1n) is 11.5. The lowest BCUT2D eigenvalue weighted by Gasteiger charge is -2.46. The van der Waals surface area contributed by atoms with Crippen LogP contribution >= 0.6 is 0 Å². The standard InChI is InChI=1S/C19H28.C9H10O/c1-2-16-8-6-9-17(14-16)15-19(12-7-13-19)18-10-4-3-5-11-18;1-3-8-4-6-9(10-2)7-5-8/h3-5,10-11,16-17H,2,6-9,12-15H2,1H3;3-7H,1H2,2H3. The normalized spacial score (nSPS) is 22.6. The van der Waals surface area contributed by atoms with Crippen molar-refractivity contribution in [1.82, 2.24) is 0 Å². The van der Waals surface area contributed by atoms with E-state index in [1.807, 2.05) is 24.3 Å². The van der Waals surface area contributed by atoms with E-state index in [0.717, 1.165) is 23.1 Å². The lowest BCUT2D eigenvalue weighted by molar-refractivity contribution is 0.146. The van der Waals surface area contributed by atoms with Crippen molar-refractivity contribution in [3.05, 3.63) is 72.3 Å². The summed E-state index contributed by atoms with van der Waals surface area (Å²) < 4.78 is 4.98. The van der Waals surface area contributed by atoms with Gasteiger partial charge in [0.2, 0.25) is 0 Å². The molecule has 2 saturated carbocycles. The molecule has 0 aromatic heterocycles. The SMILES string of the molecule is C=Cc1ccc(OC)cc1.CCC1CCCC(CC2(c3ccccc3)CCC2)C1. The Hall–Kier alpha value is -2.02. The van der Waals surface area contributed by atoms with Gasteiger partial charge in [-0.25, -0.2) is 0 Å². The van der Waals surface area contributed by atoms with Crippen molar-refractivity contribution in [2.75, 3.05) is 7.11 Å². The molecule has 0 saturated heterocycles. The number of benzene rings is 2. The summed E-state index contributed by atoms with van der Waals surface area (Å²) in [4.78, 5) is 0. The van der Waals surface area contributed by atoms with Gasteiger partial charge in [-0.15, -0.1) is 0 Å². The Bertz CT molecular complexity index is 727. The van der Waals surface area contributed by atoms with Crippen LogP contribution in [0.4, 0.5) is 0 Å². The van der Waals surface area contributed by atoms with Crippen molar-refractivity contribution in [2.45, 2.75) is 70.1 Å². The van der Waals surface area contributed by atoms with Gasteiger partial charge in [0.05, 0.1) is 7.11 Å². The van der Waals surface area contributed by atoms with Crippen LogP contribution in [0.15, 0.2) is 61.2 Å². The number of methoxy groups -OCH3 is 1. The van der Waals surface area contributed by atoms with Crippen LogP contribution < -0.4 is 4.74 Å². The summed E-state index contributed by atoms with van der Waals surface area (Å²) in [6.07, 6.45) is 14.9. The van der Waals surface area contributed by atoms with E-state index >= 15 is 0 Å². The van der Waals surface area contributed by atoms with Gasteiger partial charge in [0.15, 0.2) is 0 Å². The van der Waals surface area contributed by atoms with Crippen LogP contribution in [0.1, 0.15) is 75.8 Å². The van der Waals surface area contributed by atoms with Crippen LogP contribution in [0.3, 0.4) is 0 Å². The van der Waals surface area contributed by atoms with E-state index in [0.29, 0.717) is 5.41 Å². The van der Waals surface area contributed by atoms with Gasteiger partial charge in [0.1, 0.15) is 5.75 Å². The molecule has 1 heteroatoms. The van der Waals surface area contributed by atoms with Crippen molar-refractivity contribution in [3.63, 3.8) is 0 Å². The highest BCUT2D eigenvalue weighted by molar-refractivity contribution is 5.48. The Morgan fingerprint density at radius 1 is 0.966 bits per heavy atom. The van der Waals surface area contributed by atoms with Crippen molar-refractivity contribution < 1.29 is 4.74 Å². The third kappa shape index (κ3) is 5.75. The second kappa shape index (κ2) is 10.7. The summed E-state index contributed by atoms with van der Waals surface area (Å²) in [5.41, 5.74) is 3.29. The minimum Gasteiger partial charge on any atom is -0.497 e. The molecule has 29 heavy (non-hydrogen) atoms. The second-order valence-electron chi connectivity index (χ2n) is 8.99. The summed E-state index contributed by atoms with van der Waals surface area (Å²) in [5.74, 6) is 2.90. The maximum absolute atomic E-state index is 4.98. The van der Waals surface area contributed by atoms with Gasteiger partial charge in [-0.2, -0.15) is 0 Å². The molecule has 0 bridgehead atoms. The van der Waals surface area contributed by atoms with Crippen LogP contribution in [0, 0.1) is 11.8 Å². The van der Waals surface area contributed by atoms with E-state index in [2.05, 4.69) is 43.8 Å². The van der Waals surface area contributed by atoms with Crippen molar-refractivity contribution >= 4 is 6.08 Å². The molecular formula is C28H38O. The minimum absolute atomic E-state index is 0.557. The van der Waals surface area contributed by atoms with Crippen LogP contribution in [0.2, 0.25) is 0 Å². The zero-order valence-corrected chi connectivity index (χ0v) is 18.4. The molecule has 2 atom stereocenters. The fourth-order valence-electron chi connectivity index (χ4n) is 5.26. The molecule has 156 valence electrons. The Balaban J connectivity index is 0.000000204. The average Bonchev–Trinajstić information content (AvgIpc) is 2.77. The summed E-state index contributed by atoms with van der Waals surface area (Å²) in [6, 6.07) is 19.1. The second-order valence-corrected chi connectivity index (χ2v) is 8.99. The zero-order chi connectivity index (χ0) is 20.5. The highest BCUT2D eigenvalue weighted by Gasteiger charge is 2.40. The van der Waals surface area contributed by atoms with Crippen LogP contribution in [-0.4, -0.2) is 7.11 Å². The van der Waals surface area contributed by atoms with E-state index < -0.39 is 0 Å². The molecule has 1 nitrogen and oxygen atoms in total. The van der Waals surface area contributed by atoms with E-state index in [1.165, 1.54) is 57.8 Å². The largest absolute Gasteiger partial charge is 0.497 e. The molecule has 2 aliphatic rings. The van der Waals surface area contributed by atoms with E-state index in [9.17, 15) is 0 Å². The summed E-state index contributed by atoms with van der Waals surface area (Å²) in [6.45, 7) is 6.02. The van der Waals surface area contributed by atoms with Gasteiger partial charge in [-0.05, 0) is 66.2 Å². The molecule has 2 fully saturated rings. The average molecular weight is 391 g/mol. The molecule has 0 spiro atoms. The number of ether oxygens (including phenoxy) is 1. The monoisotopic (exact) mass is 390 g/mol. The summed E-state index contributed by atoms with van der Waals surface area (Å²) in [7, 11) is 1.66. The minimum atomic E-state index is 0.557. The van der Waals surface area contributed by atoms with E-state index in [-0.39, 0.29) is 0 Å². The first kappa shape index (κ1) is 21.7. The van der Waals surface area contributed by atoms with Crippen LogP contribution in [0.5, 0.6) is 5.75 Å². The van der Waals surface area contributed by atoms with Crippen LogP contribution in [-0.2, 0) is 5.41 Å². The molecule has 2 aromatic rings. The Morgan fingerprint density at radius 3 is 2.21 bits per heavy atom. The third-order valence-electron chi connectivity index (χ3n) is 7.20. The van der Waals surface area contributed by atoms with Gasteiger partial charge >= 0.3 is 0 Å². The highest BCUT2D eigenvalue weighted by atomic mass is 16.5. The van der Waals surface area contributed by atoms with Crippen molar-refractivity contribution in [1.29, 1.82) is 0 Å². The Kier molecular flexibility index (Phi) is 7.98. The van der Waals surface area contributed by atoms with E-state index in [4.69, 9.17) is 4.74 Å². The molecule has 0 radical (unpaired) electrons. The predicted molar refractivity (Wildman–Crippen MR) is 125 cm³/mol. The fraction of sp³-hybridized carbons (Fsp3) is 0.500. The molecule has 4 rings (SSSR count). The van der Waals surface area contributed by atoms with Crippen LogP contribution in [0.25, 0.3) is 6.08 Å². The van der Waals surface area contributed by atoms with Gasteiger partial charge in [0.25, 0.3) is 0 Å².